The van der Waals surface area contributed by atoms with Gasteiger partial charge in [-0.3, -0.25) is 4.79 Å². The van der Waals surface area contributed by atoms with Crippen molar-refractivity contribution in [1.29, 1.82) is 0 Å². The molecule has 1 unspecified atom stereocenters. The van der Waals surface area contributed by atoms with Crippen LogP contribution in [0.3, 0.4) is 0 Å². The molecule has 3 N–H and O–H groups in total. The summed E-state index contributed by atoms with van der Waals surface area (Å²) >= 11 is 3.20. The van der Waals surface area contributed by atoms with E-state index in [1.807, 2.05) is 0 Å². The Balaban J connectivity index is 2.58. The summed E-state index contributed by atoms with van der Waals surface area (Å²) in [5.41, 5.74) is 6.22. The molecule has 0 fully saturated rings. The molecule has 5 heteroatoms. The first kappa shape index (κ1) is 11.9. The SMILES string of the molecule is C=CCC(N)C(=O)Nc1ccc(Br)nc1. The molecule has 4 nitrogen and oxygen atoms in total. The van der Waals surface area contributed by atoms with Crippen LogP contribution in [0.15, 0.2) is 35.6 Å². The highest BCUT2D eigenvalue weighted by Gasteiger charge is 2.11. The third-order valence-corrected chi connectivity index (χ3v) is 2.22. The molecular weight excluding hydrogens is 258 g/mol. The van der Waals surface area contributed by atoms with Crippen LogP contribution in [0.5, 0.6) is 0 Å². The number of hydrogen-bond donors (Lipinski definition) is 2. The highest BCUT2D eigenvalue weighted by Crippen LogP contribution is 2.10. The molecule has 15 heavy (non-hydrogen) atoms. The van der Waals surface area contributed by atoms with Crippen molar-refractivity contribution in [3.8, 4) is 0 Å². The summed E-state index contributed by atoms with van der Waals surface area (Å²) in [5.74, 6) is -0.237. The van der Waals surface area contributed by atoms with Gasteiger partial charge in [0.05, 0.1) is 17.9 Å². The molecule has 1 rings (SSSR count). The molecule has 0 aliphatic rings. The minimum absolute atomic E-state index is 0.237. The van der Waals surface area contributed by atoms with Gasteiger partial charge < -0.3 is 11.1 Å². The lowest BCUT2D eigenvalue weighted by Gasteiger charge is -2.09. The predicted molar refractivity (Wildman–Crippen MR) is 63.4 cm³/mol. The van der Waals surface area contributed by atoms with E-state index in [1.165, 1.54) is 0 Å². The number of carbonyl (C=O) groups is 1. The summed E-state index contributed by atoms with van der Waals surface area (Å²) in [6, 6.07) is 2.93. The molecule has 0 radical (unpaired) electrons. The first-order valence-electron chi connectivity index (χ1n) is 4.42. The number of pyridine rings is 1. The lowest BCUT2D eigenvalue weighted by atomic mass is 10.2. The quantitative estimate of drug-likeness (QED) is 0.646. The third kappa shape index (κ3) is 3.81. The number of rotatable bonds is 4. The second-order valence-electron chi connectivity index (χ2n) is 2.99. The third-order valence-electron chi connectivity index (χ3n) is 1.75. The largest absolute Gasteiger partial charge is 0.323 e. The average Bonchev–Trinajstić information content (AvgIpc) is 2.22. The van der Waals surface area contributed by atoms with E-state index in [4.69, 9.17) is 5.73 Å². The Hall–Kier alpha value is -1.20. The zero-order valence-corrected chi connectivity index (χ0v) is 9.70. The van der Waals surface area contributed by atoms with Crippen molar-refractivity contribution in [2.24, 2.45) is 5.73 Å². The highest BCUT2D eigenvalue weighted by atomic mass is 79.9. The fourth-order valence-corrected chi connectivity index (χ4v) is 1.21. The van der Waals surface area contributed by atoms with Gasteiger partial charge in [0.15, 0.2) is 0 Å². The van der Waals surface area contributed by atoms with E-state index in [9.17, 15) is 4.79 Å². The summed E-state index contributed by atoms with van der Waals surface area (Å²) < 4.78 is 0.718. The van der Waals surface area contributed by atoms with Gasteiger partial charge in [0.25, 0.3) is 0 Å². The molecule has 0 aromatic carbocycles. The van der Waals surface area contributed by atoms with Crippen molar-refractivity contribution < 1.29 is 4.79 Å². The van der Waals surface area contributed by atoms with Gasteiger partial charge in [0, 0.05) is 0 Å². The van der Waals surface area contributed by atoms with E-state index < -0.39 is 6.04 Å². The van der Waals surface area contributed by atoms with E-state index in [1.54, 1.807) is 24.4 Å². The van der Waals surface area contributed by atoms with Crippen molar-refractivity contribution in [2.45, 2.75) is 12.5 Å². The van der Waals surface area contributed by atoms with Crippen LogP contribution < -0.4 is 11.1 Å². The smallest absolute Gasteiger partial charge is 0.241 e. The maximum atomic E-state index is 11.5. The van der Waals surface area contributed by atoms with E-state index in [0.29, 0.717) is 12.1 Å². The van der Waals surface area contributed by atoms with Gasteiger partial charge in [-0.15, -0.1) is 6.58 Å². The summed E-state index contributed by atoms with van der Waals surface area (Å²) in [6.07, 6.45) is 3.63. The molecule has 1 atom stereocenters. The summed E-state index contributed by atoms with van der Waals surface area (Å²) in [5, 5.41) is 2.66. The average molecular weight is 270 g/mol. The van der Waals surface area contributed by atoms with Gasteiger partial charge >= 0.3 is 0 Å². The minimum Gasteiger partial charge on any atom is -0.323 e. The molecule has 0 aliphatic carbocycles. The van der Waals surface area contributed by atoms with Crippen molar-refractivity contribution in [2.75, 3.05) is 5.32 Å². The highest BCUT2D eigenvalue weighted by molar-refractivity contribution is 9.10. The van der Waals surface area contributed by atoms with Crippen LogP contribution in [-0.4, -0.2) is 16.9 Å². The minimum atomic E-state index is -0.564. The van der Waals surface area contributed by atoms with Crippen molar-refractivity contribution in [3.63, 3.8) is 0 Å². The lowest BCUT2D eigenvalue weighted by molar-refractivity contribution is -0.117. The molecule has 0 aliphatic heterocycles. The zero-order valence-electron chi connectivity index (χ0n) is 8.11. The molecular formula is C10H12BrN3O. The summed E-state index contributed by atoms with van der Waals surface area (Å²) in [6.45, 7) is 3.52. The van der Waals surface area contributed by atoms with Gasteiger partial charge in [0.1, 0.15) is 4.60 Å². The van der Waals surface area contributed by atoms with Gasteiger partial charge in [-0.1, -0.05) is 6.08 Å². The number of halogens is 1. The molecule has 80 valence electrons. The molecule has 1 aromatic rings. The standard InChI is InChI=1S/C10H12BrN3O/c1-2-3-8(12)10(15)14-7-4-5-9(11)13-6-7/h2,4-6,8H,1,3,12H2,(H,14,15). The monoisotopic (exact) mass is 269 g/mol. The van der Waals surface area contributed by atoms with Crippen molar-refractivity contribution in [3.05, 3.63) is 35.6 Å². The zero-order chi connectivity index (χ0) is 11.3. The van der Waals surface area contributed by atoms with Crippen LogP contribution in [0.25, 0.3) is 0 Å². The Bertz CT molecular complexity index is 350. The van der Waals surface area contributed by atoms with Crippen LogP contribution in [-0.2, 0) is 4.79 Å². The molecule has 1 heterocycles. The summed E-state index contributed by atoms with van der Waals surface area (Å²) in [7, 11) is 0. The number of nitrogens with two attached hydrogens (primary N) is 1. The molecule has 1 amide bonds. The second kappa shape index (κ2) is 5.63. The van der Waals surface area contributed by atoms with Crippen LogP contribution >= 0.6 is 15.9 Å². The normalized spacial score (nSPS) is 11.9. The summed E-state index contributed by atoms with van der Waals surface area (Å²) in [4.78, 5) is 15.4. The fourth-order valence-electron chi connectivity index (χ4n) is 0.971. The number of aromatic nitrogens is 1. The predicted octanol–water partition coefficient (Wildman–Crippen LogP) is 1.69. The number of amides is 1. The van der Waals surface area contributed by atoms with Crippen LogP contribution in [0.4, 0.5) is 5.69 Å². The Morgan fingerprint density at radius 1 is 1.73 bits per heavy atom. The Morgan fingerprint density at radius 3 is 3.00 bits per heavy atom. The van der Waals surface area contributed by atoms with E-state index in [2.05, 4.69) is 32.8 Å². The Morgan fingerprint density at radius 2 is 2.47 bits per heavy atom. The van der Waals surface area contributed by atoms with E-state index in [-0.39, 0.29) is 5.91 Å². The van der Waals surface area contributed by atoms with Crippen LogP contribution in [0, 0.1) is 0 Å². The Kier molecular flexibility index (Phi) is 4.45. The maximum Gasteiger partial charge on any atom is 0.241 e. The number of hydrogen-bond acceptors (Lipinski definition) is 3. The van der Waals surface area contributed by atoms with Gasteiger partial charge in [-0.05, 0) is 34.5 Å². The van der Waals surface area contributed by atoms with Crippen molar-refractivity contribution >= 4 is 27.5 Å². The molecule has 0 spiro atoms. The number of carbonyl (C=O) groups excluding carboxylic acids is 1. The van der Waals surface area contributed by atoms with E-state index in [0.717, 1.165) is 4.60 Å². The number of anilines is 1. The molecule has 0 saturated heterocycles. The fraction of sp³-hybridized carbons (Fsp3) is 0.200. The van der Waals surface area contributed by atoms with Gasteiger partial charge in [-0.25, -0.2) is 4.98 Å². The molecule has 1 aromatic heterocycles. The lowest BCUT2D eigenvalue weighted by Crippen LogP contribution is -2.35. The Labute approximate surface area is 96.7 Å². The van der Waals surface area contributed by atoms with Crippen molar-refractivity contribution in [1.82, 2.24) is 4.98 Å². The van der Waals surface area contributed by atoms with Gasteiger partial charge in [0.2, 0.25) is 5.91 Å². The van der Waals surface area contributed by atoms with E-state index >= 15 is 0 Å². The van der Waals surface area contributed by atoms with Gasteiger partial charge in [-0.2, -0.15) is 0 Å². The number of nitrogens with zero attached hydrogens (tertiary/aromatic N) is 1. The maximum absolute atomic E-state index is 11.5. The second-order valence-corrected chi connectivity index (χ2v) is 3.80. The first-order valence-corrected chi connectivity index (χ1v) is 5.21. The van der Waals surface area contributed by atoms with Crippen LogP contribution in [0.2, 0.25) is 0 Å². The topological polar surface area (TPSA) is 68.0 Å². The van der Waals surface area contributed by atoms with Crippen LogP contribution in [0.1, 0.15) is 6.42 Å². The molecule has 0 saturated carbocycles. The molecule has 0 bridgehead atoms. The first-order chi connectivity index (χ1) is 7.13. The number of nitrogens with one attached hydrogen (secondary N) is 1.